The van der Waals surface area contributed by atoms with Crippen LogP contribution in [-0.2, 0) is 0 Å². The molecular formula is C13H22. The summed E-state index contributed by atoms with van der Waals surface area (Å²) >= 11 is 0. The van der Waals surface area contributed by atoms with Crippen LogP contribution in [0.4, 0.5) is 0 Å². The first-order valence-electron chi connectivity index (χ1n) is 5.55. The molecule has 0 unspecified atom stereocenters. The maximum atomic E-state index is 3.17. The van der Waals surface area contributed by atoms with Gasteiger partial charge in [-0.15, -0.1) is 0 Å². The average molecular weight is 178 g/mol. The molecule has 0 heterocycles. The first-order valence-corrected chi connectivity index (χ1v) is 5.55. The molecule has 0 atom stereocenters. The summed E-state index contributed by atoms with van der Waals surface area (Å²) < 4.78 is 0. The quantitative estimate of drug-likeness (QED) is 0.420. The van der Waals surface area contributed by atoms with Crippen molar-refractivity contribution in [2.24, 2.45) is 0 Å². The zero-order valence-corrected chi connectivity index (χ0v) is 9.10. The van der Waals surface area contributed by atoms with Gasteiger partial charge in [-0.3, -0.25) is 0 Å². The monoisotopic (exact) mass is 178 g/mol. The Balaban J connectivity index is 3.19. The van der Waals surface area contributed by atoms with Crippen molar-refractivity contribution in [3.63, 3.8) is 0 Å². The molecule has 0 aromatic rings. The zero-order valence-electron chi connectivity index (χ0n) is 9.10. The third-order valence-electron chi connectivity index (χ3n) is 1.91. The number of hydrogen-bond acceptors (Lipinski definition) is 0. The van der Waals surface area contributed by atoms with Crippen molar-refractivity contribution in [2.75, 3.05) is 0 Å². The fraction of sp³-hybridized carbons (Fsp3) is 0.692. The van der Waals surface area contributed by atoms with E-state index in [2.05, 4.69) is 31.8 Å². The maximum absolute atomic E-state index is 3.17. The Morgan fingerprint density at radius 3 is 2.54 bits per heavy atom. The summed E-state index contributed by atoms with van der Waals surface area (Å²) in [6.45, 7) is 4.42. The van der Waals surface area contributed by atoms with Crippen LogP contribution >= 0.6 is 0 Å². The summed E-state index contributed by atoms with van der Waals surface area (Å²) in [5.41, 5.74) is 0. The van der Waals surface area contributed by atoms with E-state index in [9.17, 15) is 0 Å². The van der Waals surface area contributed by atoms with Crippen molar-refractivity contribution < 1.29 is 0 Å². The molecule has 0 aliphatic carbocycles. The van der Waals surface area contributed by atoms with Gasteiger partial charge in [0, 0.05) is 6.42 Å². The summed E-state index contributed by atoms with van der Waals surface area (Å²) in [5.74, 6) is 6.23. The summed E-state index contributed by atoms with van der Waals surface area (Å²) in [6.07, 6.45) is 12.8. The van der Waals surface area contributed by atoms with Gasteiger partial charge in [0.2, 0.25) is 0 Å². The van der Waals surface area contributed by atoms with Crippen molar-refractivity contribution >= 4 is 0 Å². The molecule has 0 saturated carbocycles. The van der Waals surface area contributed by atoms with Crippen molar-refractivity contribution in [3.05, 3.63) is 12.2 Å². The van der Waals surface area contributed by atoms with Crippen LogP contribution in [0.5, 0.6) is 0 Å². The van der Waals surface area contributed by atoms with Gasteiger partial charge in [0.15, 0.2) is 0 Å². The predicted octanol–water partition coefficient (Wildman–Crippen LogP) is 4.32. The van der Waals surface area contributed by atoms with E-state index in [0.29, 0.717) is 0 Å². The van der Waals surface area contributed by atoms with E-state index >= 15 is 0 Å². The number of unbranched alkanes of at least 4 members (excludes halogenated alkanes) is 5. The topological polar surface area (TPSA) is 0 Å². The van der Waals surface area contributed by atoms with Crippen LogP contribution in [0, 0.1) is 11.8 Å². The van der Waals surface area contributed by atoms with Gasteiger partial charge in [0.05, 0.1) is 0 Å². The first-order chi connectivity index (χ1) is 6.41. The molecule has 0 aliphatic heterocycles. The molecule has 0 aromatic carbocycles. The lowest BCUT2D eigenvalue weighted by Crippen LogP contribution is -1.73. The van der Waals surface area contributed by atoms with Crippen molar-refractivity contribution in [2.45, 2.75) is 58.8 Å². The molecule has 74 valence electrons. The van der Waals surface area contributed by atoms with Gasteiger partial charge in [0.1, 0.15) is 0 Å². The molecule has 13 heavy (non-hydrogen) atoms. The van der Waals surface area contributed by atoms with Gasteiger partial charge in [-0.1, -0.05) is 57.4 Å². The lowest BCUT2D eigenvalue weighted by atomic mass is 10.2. The van der Waals surface area contributed by atoms with Gasteiger partial charge >= 0.3 is 0 Å². The van der Waals surface area contributed by atoms with E-state index in [1.54, 1.807) is 0 Å². The van der Waals surface area contributed by atoms with Crippen LogP contribution in [0.25, 0.3) is 0 Å². The normalized spacial score (nSPS) is 10.0. The Labute approximate surface area is 83.4 Å². The molecule has 0 N–H and O–H groups in total. The molecule has 0 saturated heterocycles. The van der Waals surface area contributed by atoms with Crippen LogP contribution in [0.15, 0.2) is 12.2 Å². The second-order valence-corrected chi connectivity index (χ2v) is 3.32. The molecule has 0 bridgehead atoms. The molecule has 0 rings (SSSR count). The molecule has 0 aromatic heterocycles. The van der Waals surface area contributed by atoms with E-state index in [-0.39, 0.29) is 0 Å². The smallest absolute Gasteiger partial charge is 0.00922 e. The highest BCUT2D eigenvalue weighted by Gasteiger charge is 1.82. The molecule has 0 amide bonds. The van der Waals surface area contributed by atoms with Crippen molar-refractivity contribution in [3.8, 4) is 11.8 Å². The summed E-state index contributed by atoms with van der Waals surface area (Å²) in [4.78, 5) is 0. The van der Waals surface area contributed by atoms with Crippen LogP contribution in [0.2, 0.25) is 0 Å². The fourth-order valence-electron chi connectivity index (χ4n) is 1.08. The SMILES string of the molecule is CCCC=CC#CCCCCCC. The van der Waals surface area contributed by atoms with Gasteiger partial charge in [-0.05, 0) is 18.9 Å². The molecule has 0 fully saturated rings. The second kappa shape index (κ2) is 11.3. The van der Waals surface area contributed by atoms with Crippen LogP contribution in [-0.4, -0.2) is 0 Å². The largest absolute Gasteiger partial charge is 0.0985 e. The Bertz CT molecular complexity index is 166. The van der Waals surface area contributed by atoms with Crippen LogP contribution in [0.3, 0.4) is 0 Å². The standard InChI is InChI=1S/C13H22/c1-3-5-7-9-11-13-12-10-8-6-4-2/h7,9H,3-6,8,10,12H2,1-2H3. The fourth-order valence-corrected chi connectivity index (χ4v) is 1.08. The van der Waals surface area contributed by atoms with E-state index < -0.39 is 0 Å². The number of rotatable bonds is 6. The molecule has 0 aliphatic rings. The lowest BCUT2D eigenvalue weighted by molar-refractivity contribution is 0.679. The highest BCUT2D eigenvalue weighted by atomic mass is 13.9. The van der Waals surface area contributed by atoms with Gasteiger partial charge in [0.25, 0.3) is 0 Å². The third-order valence-corrected chi connectivity index (χ3v) is 1.91. The van der Waals surface area contributed by atoms with E-state index in [4.69, 9.17) is 0 Å². The lowest BCUT2D eigenvalue weighted by Gasteiger charge is -1.91. The maximum Gasteiger partial charge on any atom is 0.00922 e. The summed E-state index contributed by atoms with van der Waals surface area (Å²) in [6, 6.07) is 0. The Morgan fingerprint density at radius 2 is 1.85 bits per heavy atom. The van der Waals surface area contributed by atoms with Gasteiger partial charge < -0.3 is 0 Å². The zero-order chi connectivity index (χ0) is 9.78. The molecule has 0 nitrogen and oxygen atoms in total. The van der Waals surface area contributed by atoms with Crippen LogP contribution in [0.1, 0.15) is 58.8 Å². The first kappa shape index (κ1) is 12.3. The molecule has 0 radical (unpaired) electrons. The minimum absolute atomic E-state index is 1.07. The van der Waals surface area contributed by atoms with Crippen LogP contribution < -0.4 is 0 Å². The molecule has 0 heteroatoms. The average Bonchev–Trinajstić information content (AvgIpc) is 2.16. The Morgan fingerprint density at radius 1 is 1.00 bits per heavy atom. The van der Waals surface area contributed by atoms with Gasteiger partial charge in [-0.25, -0.2) is 0 Å². The van der Waals surface area contributed by atoms with E-state index in [1.165, 1.54) is 32.1 Å². The Hall–Kier alpha value is -0.700. The summed E-state index contributed by atoms with van der Waals surface area (Å²) in [7, 11) is 0. The number of allylic oxidation sites excluding steroid dienone is 2. The van der Waals surface area contributed by atoms with Crippen molar-refractivity contribution in [1.82, 2.24) is 0 Å². The minimum Gasteiger partial charge on any atom is -0.0985 e. The van der Waals surface area contributed by atoms with E-state index in [1.807, 2.05) is 6.08 Å². The minimum atomic E-state index is 1.07. The molecule has 0 spiro atoms. The third kappa shape index (κ3) is 11.3. The Kier molecular flexibility index (Phi) is 10.7. The van der Waals surface area contributed by atoms with E-state index in [0.717, 1.165) is 12.8 Å². The van der Waals surface area contributed by atoms with Gasteiger partial charge in [-0.2, -0.15) is 0 Å². The van der Waals surface area contributed by atoms with Crippen molar-refractivity contribution in [1.29, 1.82) is 0 Å². The molecular weight excluding hydrogens is 156 g/mol. The predicted molar refractivity (Wildman–Crippen MR) is 60.6 cm³/mol. The number of hydrogen-bond donors (Lipinski definition) is 0. The highest BCUT2D eigenvalue weighted by molar-refractivity contribution is 5.14. The summed E-state index contributed by atoms with van der Waals surface area (Å²) in [5, 5.41) is 0. The highest BCUT2D eigenvalue weighted by Crippen LogP contribution is 2.00. The second-order valence-electron chi connectivity index (χ2n) is 3.32.